The van der Waals surface area contributed by atoms with E-state index < -0.39 is 16.9 Å². The molecule has 1 aromatic heterocycles. The van der Waals surface area contributed by atoms with Crippen LogP contribution in [0.3, 0.4) is 0 Å². The molecule has 0 unspecified atom stereocenters. The van der Waals surface area contributed by atoms with Crippen molar-refractivity contribution in [3.63, 3.8) is 0 Å². The fourth-order valence-electron chi connectivity index (χ4n) is 1.53. The van der Waals surface area contributed by atoms with Crippen LogP contribution in [-0.2, 0) is 12.4 Å². The van der Waals surface area contributed by atoms with Gasteiger partial charge in [0.05, 0.1) is 15.7 Å². The van der Waals surface area contributed by atoms with Crippen LogP contribution in [0.15, 0.2) is 16.9 Å². The lowest BCUT2D eigenvalue weighted by atomic mass is 10.3. The largest absolute Gasteiger partial charge is 0.506 e. The summed E-state index contributed by atoms with van der Waals surface area (Å²) in [5.41, 5.74) is -0.995. The number of halogens is 5. The molecule has 0 aliphatic heterocycles. The first-order chi connectivity index (χ1) is 9.12. The van der Waals surface area contributed by atoms with Gasteiger partial charge in [-0.2, -0.15) is 13.5 Å². The molecule has 0 spiro atoms. The number of rotatable bonds is 2. The maximum atomic E-state index is 13.1. The van der Waals surface area contributed by atoms with Crippen molar-refractivity contribution in [2.75, 3.05) is 0 Å². The van der Waals surface area contributed by atoms with Gasteiger partial charge in [0, 0.05) is 13.1 Å². The summed E-state index contributed by atoms with van der Waals surface area (Å²) in [6.07, 6.45) is 0. The molecule has 1 N–H and O–H groups in total. The maximum Gasteiger partial charge on any atom is 0.381 e. The number of hydrogen-bond donors (Lipinski definition) is 1. The lowest BCUT2D eigenvalue weighted by Gasteiger charge is -2.05. The van der Waals surface area contributed by atoms with Gasteiger partial charge in [0.15, 0.2) is 0 Å². The highest BCUT2D eigenvalue weighted by Crippen LogP contribution is 2.33. The average Bonchev–Trinajstić information content (AvgIpc) is 2.61. The predicted molar refractivity (Wildman–Crippen MR) is 70.2 cm³/mol. The van der Waals surface area contributed by atoms with Gasteiger partial charge in [-0.05, 0) is 17.7 Å². The third kappa shape index (κ3) is 2.48. The van der Waals surface area contributed by atoms with Gasteiger partial charge in [0.1, 0.15) is 5.75 Å². The third-order valence-corrected chi connectivity index (χ3v) is 3.25. The number of alkyl halides is 3. The Morgan fingerprint density at radius 1 is 1.30 bits per heavy atom. The first-order valence-electron chi connectivity index (χ1n) is 5.04. The molecule has 0 amide bonds. The Balaban J connectivity index is 2.72. The van der Waals surface area contributed by atoms with Crippen LogP contribution in [0, 0.1) is 0 Å². The number of phenolic OH excluding ortho intramolecular Hbond substituents is 1. The van der Waals surface area contributed by atoms with Gasteiger partial charge in [-0.25, -0.2) is 4.79 Å². The lowest BCUT2D eigenvalue weighted by Crippen LogP contribution is -2.23. The zero-order valence-corrected chi connectivity index (χ0v) is 12.0. The maximum absolute atomic E-state index is 13.1. The van der Waals surface area contributed by atoms with E-state index in [0.717, 1.165) is 19.2 Å². The summed E-state index contributed by atoms with van der Waals surface area (Å²) in [5, 5.41) is 9.01. The van der Waals surface area contributed by atoms with Crippen LogP contribution in [-0.4, -0.2) is 19.5 Å². The Morgan fingerprint density at radius 2 is 1.90 bits per heavy atom. The van der Waals surface area contributed by atoms with Gasteiger partial charge in [-0.3, -0.25) is 4.57 Å². The van der Waals surface area contributed by atoms with E-state index in [9.17, 15) is 18.7 Å². The molecule has 0 bridgehead atoms. The van der Waals surface area contributed by atoms with Crippen LogP contribution in [0.4, 0.5) is 8.78 Å². The molecule has 0 radical (unpaired) electrons. The third-order valence-electron chi connectivity index (χ3n) is 2.48. The van der Waals surface area contributed by atoms with E-state index in [1.165, 1.54) is 0 Å². The Kier molecular flexibility index (Phi) is 3.70. The molecule has 1 aromatic carbocycles. The number of nitrogens with zero attached hydrogens (tertiary/aromatic N) is 3. The van der Waals surface area contributed by atoms with E-state index in [1.54, 1.807) is 0 Å². The molecule has 5 nitrogen and oxygen atoms in total. The summed E-state index contributed by atoms with van der Waals surface area (Å²) in [6, 6.07) is 2.20. The summed E-state index contributed by atoms with van der Waals surface area (Å²) >= 11 is 16.4. The summed E-state index contributed by atoms with van der Waals surface area (Å²) in [5.74, 6) is -1.32. The molecule has 0 aliphatic carbocycles. The molecule has 2 rings (SSSR count). The predicted octanol–water partition coefficient (Wildman–Crippen LogP) is 2.87. The smallest absolute Gasteiger partial charge is 0.381 e. The quantitative estimate of drug-likeness (QED) is 0.852. The minimum absolute atomic E-state index is 0.0440. The van der Waals surface area contributed by atoms with Crippen molar-refractivity contribution < 1.29 is 13.9 Å². The number of hydrogen-bond acceptors (Lipinski definition) is 3. The fraction of sp³-hybridized carbons (Fsp3) is 0.200. The molecule has 0 aliphatic rings. The van der Waals surface area contributed by atoms with Gasteiger partial charge in [-0.15, -0.1) is 5.10 Å². The van der Waals surface area contributed by atoms with Crippen molar-refractivity contribution in [2.24, 2.45) is 7.05 Å². The highest BCUT2D eigenvalue weighted by Gasteiger charge is 2.35. The van der Waals surface area contributed by atoms with Crippen molar-refractivity contribution in [1.82, 2.24) is 14.3 Å². The van der Waals surface area contributed by atoms with Crippen molar-refractivity contribution in [3.05, 3.63) is 38.5 Å². The second-order valence-electron chi connectivity index (χ2n) is 3.83. The van der Waals surface area contributed by atoms with Crippen LogP contribution >= 0.6 is 34.8 Å². The minimum atomic E-state index is -3.82. The van der Waals surface area contributed by atoms with Crippen molar-refractivity contribution >= 4 is 34.8 Å². The number of benzene rings is 1. The zero-order chi connectivity index (χ0) is 15.2. The highest BCUT2D eigenvalue weighted by atomic mass is 35.5. The van der Waals surface area contributed by atoms with Crippen LogP contribution < -0.4 is 5.69 Å². The standard InChI is InChI=1S/C10H6Cl3F2N3O2/c1-17-8(10(13,14)15)16-18(9(17)20)6-3-7(19)5(12)2-4(6)11/h2-3,19H,1H3. The van der Waals surface area contributed by atoms with E-state index >= 15 is 0 Å². The van der Waals surface area contributed by atoms with E-state index in [0.29, 0.717) is 9.25 Å². The molecule has 10 heteroatoms. The lowest BCUT2D eigenvalue weighted by molar-refractivity contribution is 0.0803. The molecule has 0 saturated heterocycles. The summed E-state index contributed by atoms with van der Waals surface area (Å²) in [6.45, 7) is 0. The van der Waals surface area contributed by atoms with Gasteiger partial charge < -0.3 is 5.11 Å². The van der Waals surface area contributed by atoms with E-state index in [-0.39, 0.29) is 21.5 Å². The molecule has 108 valence electrons. The van der Waals surface area contributed by atoms with Gasteiger partial charge in [0.25, 0.3) is 0 Å². The summed E-state index contributed by atoms with van der Waals surface area (Å²) in [7, 11) is 1.08. The second-order valence-corrected chi connectivity index (χ2v) is 5.12. The molecular weight excluding hydrogens is 338 g/mol. The van der Waals surface area contributed by atoms with E-state index in [4.69, 9.17) is 34.8 Å². The van der Waals surface area contributed by atoms with Crippen molar-refractivity contribution in [3.8, 4) is 11.4 Å². The van der Waals surface area contributed by atoms with Crippen LogP contribution in [0.5, 0.6) is 5.75 Å². The van der Waals surface area contributed by atoms with Crippen LogP contribution in [0.2, 0.25) is 10.0 Å². The van der Waals surface area contributed by atoms with Crippen LogP contribution in [0.25, 0.3) is 5.69 Å². The molecule has 20 heavy (non-hydrogen) atoms. The number of aromatic hydroxyl groups is 1. The van der Waals surface area contributed by atoms with Crippen molar-refractivity contribution in [1.29, 1.82) is 0 Å². The average molecular weight is 345 g/mol. The van der Waals surface area contributed by atoms with Crippen molar-refractivity contribution in [2.45, 2.75) is 5.38 Å². The van der Waals surface area contributed by atoms with Gasteiger partial charge in [0.2, 0.25) is 5.82 Å². The summed E-state index contributed by atoms with van der Waals surface area (Å²) in [4.78, 5) is 11.9. The SMILES string of the molecule is Cn1c(C(F)(F)Cl)nn(-c2cc(O)c(Cl)cc2Cl)c1=O. The molecule has 0 atom stereocenters. The fourth-order valence-corrected chi connectivity index (χ4v) is 2.16. The first-order valence-corrected chi connectivity index (χ1v) is 6.18. The highest BCUT2D eigenvalue weighted by molar-refractivity contribution is 6.36. The molecular formula is C10H6Cl3F2N3O2. The van der Waals surface area contributed by atoms with Crippen LogP contribution in [0.1, 0.15) is 5.82 Å². The molecule has 0 fully saturated rings. The normalized spacial score (nSPS) is 11.9. The van der Waals surface area contributed by atoms with E-state index in [1.807, 2.05) is 0 Å². The second kappa shape index (κ2) is 4.91. The van der Waals surface area contributed by atoms with E-state index in [2.05, 4.69) is 5.10 Å². The molecule has 0 saturated carbocycles. The minimum Gasteiger partial charge on any atom is -0.506 e. The zero-order valence-electron chi connectivity index (χ0n) is 9.74. The Morgan fingerprint density at radius 3 is 2.40 bits per heavy atom. The summed E-state index contributed by atoms with van der Waals surface area (Å²) < 4.78 is 27.4. The van der Waals surface area contributed by atoms with Gasteiger partial charge in [-0.1, -0.05) is 23.2 Å². The number of aromatic nitrogens is 3. The molecule has 2 aromatic rings. The Hall–Kier alpha value is -1.31. The first kappa shape index (κ1) is 15.1. The van der Waals surface area contributed by atoms with Gasteiger partial charge >= 0.3 is 11.1 Å². The monoisotopic (exact) mass is 343 g/mol. The Labute approximate surface area is 125 Å². The number of phenols is 1. The Bertz CT molecular complexity index is 737. The molecule has 1 heterocycles. The topological polar surface area (TPSA) is 60.1 Å².